The zero-order chi connectivity index (χ0) is 7.90. The van der Waals surface area contributed by atoms with Crippen LogP contribution in [0.4, 0.5) is 0 Å². The predicted molar refractivity (Wildman–Crippen MR) is 44.4 cm³/mol. The lowest BCUT2D eigenvalue weighted by molar-refractivity contribution is -0.0302. The topological polar surface area (TPSA) is 32.3 Å². The molecule has 0 radical (unpaired) electrons. The maximum atomic E-state index is 10.0. The summed E-state index contributed by atoms with van der Waals surface area (Å²) in [6.45, 7) is 3.02. The molecule has 1 saturated carbocycles. The molecule has 0 aromatic heterocycles. The van der Waals surface area contributed by atoms with Gasteiger partial charge in [-0.05, 0) is 32.1 Å². The summed E-state index contributed by atoms with van der Waals surface area (Å²) < 4.78 is 0. The average molecular weight is 155 g/mol. The van der Waals surface area contributed by atoms with Crippen LogP contribution in [-0.2, 0) is 0 Å². The Balaban J connectivity index is 2.17. The third kappa shape index (κ3) is 1.30. The van der Waals surface area contributed by atoms with Crippen LogP contribution >= 0.6 is 0 Å². The number of rotatable bonds is 0. The largest absolute Gasteiger partial charge is 0.390 e. The highest BCUT2D eigenvalue weighted by atomic mass is 16.3. The van der Waals surface area contributed by atoms with Gasteiger partial charge in [-0.3, -0.25) is 0 Å². The van der Waals surface area contributed by atoms with Gasteiger partial charge in [-0.2, -0.15) is 0 Å². The van der Waals surface area contributed by atoms with E-state index in [0.29, 0.717) is 12.0 Å². The van der Waals surface area contributed by atoms with Crippen molar-refractivity contribution in [3.63, 3.8) is 0 Å². The van der Waals surface area contributed by atoms with Gasteiger partial charge in [-0.1, -0.05) is 6.42 Å². The Labute approximate surface area is 68.0 Å². The number of piperidine rings is 1. The monoisotopic (exact) mass is 155 g/mol. The molecule has 2 nitrogen and oxygen atoms in total. The van der Waals surface area contributed by atoms with Crippen LogP contribution in [0.25, 0.3) is 0 Å². The van der Waals surface area contributed by atoms with Crippen LogP contribution in [0.1, 0.15) is 32.6 Å². The van der Waals surface area contributed by atoms with Gasteiger partial charge >= 0.3 is 0 Å². The van der Waals surface area contributed by atoms with Crippen molar-refractivity contribution in [3.05, 3.63) is 0 Å². The Morgan fingerprint density at radius 2 is 2.27 bits per heavy atom. The molecule has 3 aliphatic rings. The van der Waals surface area contributed by atoms with Crippen LogP contribution in [0.5, 0.6) is 0 Å². The number of hydrogen-bond acceptors (Lipinski definition) is 2. The molecule has 64 valence electrons. The first-order chi connectivity index (χ1) is 5.18. The molecule has 0 amide bonds. The van der Waals surface area contributed by atoms with E-state index in [9.17, 15) is 5.11 Å². The van der Waals surface area contributed by atoms with E-state index >= 15 is 0 Å². The summed E-state index contributed by atoms with van der Waals surface area (Å²) in [4.78, 5) is 0. The van der Waals surface area contributed by atoms with E-state index in [4.69, 9.17) is 0 Å². The molecule has 3 rings (SSSR count). The standard InChI is InChI=1S/C9H17NO/c1-9(11)5-8-4-2-3-7(9)6-10-8/h7-8,10-11H,2-6H2,1H3/t7?,8-,9+/m1/s1. The second kappa shape index (κ2) is 2.46. The Kier molecular flexibility index (Phi) is 1.69. The first kappa shape index (κ1) is 7.56. The molecule has 1 aliphatic carbocycles. The third-order valence-electron chi connectivity index (χ3n) is 3.30. The fourth-order valence-electron chi connectivity index (χ4n) is 2.49. The quantitative estimate of drug-likeness (QED) is 0.544. The molecule has 0 aromatic rings. The molecule has 2 N–H and O–H groups in total. The summed E-state index contributed by atoms with van der Waals surface area (Å²) in [5, 5.41) is 13.5. The summed E-state index contributed by atoms with van der Waals surface area (Å²) in [5.74, 6) is 0.501. The van der Waals surface area contributed by atoms with E-state index in [1.807, 2.05) is 6.92 Å². The number of nitrogens with one attached hydrogen (secondary N) is 1. The molecule has 3 atom stereocenters. The summed E-state index contributed by atoms with van der Waals surface area (Å²) >= 11 is 0. The lowest BCUT2D eigenvalue weighted by Crippen LogP contribution is -2.50. The van der Waals surface area contributed by atoms with Gasteiger partial charge in [-0.25, -0.2) is 0 Å². The SMILES string of the molecule is C[C@]1(O)C[C@H]2CCCC1CN2. The van der Waals surface area contributed by atoms with E-state index in [2.05, 4.69) is 5.32 Å². The van der Waals surface area contributed by atoms with Crippen LogP contribution in [-0.4, -0.2) is 23.3 Å². The number of aliphatic hydroxyl groups is 1. The molecular formula is C9H17NO. The van der Waals surface area contributed by atoms with Crippen LogP contribution in [0, 0.1) is 5.92 Å². The Hall–Kier alpha value is -0.0800. The Morgan fingerprint density at radius 1 is 1.45 bits per heavy atom. The maximum absolute atomic E-state index is 10.0. The van der Waals surface area contributed by atoms with Crippen molar-refractivity contribution in [3.8, 4) is 0 Å². The molecule has 2 aliphatic heterocycles. The van der Waals surface area contributed by atoms with Crippen molar-refractivity contribution in [1.82, 2.24) is 5.32 Å². The van der Waals surface area contributed by atoms with E-state index < -0.39 is 0 Å². The van der Waals surface area contributed by atoms with Gasteiger partial charge in [0.15, 0.2) is 0 Å². The molecule has 2 heteroatoms. The fourth-order valence-corrected chi connectivity index (χ4v) is 2.49. The van der Waals surface area contributed by atoms with Gasteiger partial charge in [0.25, 0.3) is 0 Å². The van der Waals surface area contributed by atoms with Crippen LogP contribution in [0.3, 0.4) is 0 Å². The number of hydrogen-bond donors (Lipinski definition) is 2. The van der Waals surface area contributed by atoms with Crippen molar-refractivity contribution in [1.29, 1.82) is 0 Å². The van der Waals surface area contributed by atoms with Gasteiger partial charge < -0.3 is 10.4 Å². The molecule has 2 saturated heterocycles. The molecule has 3 fully saturated rings. The highest BCUT2D eigenvalue weighted by molar-refractivity contribution is 4.95. The van der Waals surface area contributed by atoms with Crippen molar-refractivity contribution in [2.75, 3.05) is 6.54 Å². The smallest absolute Gasteiger partial charge is 0.0674 e. The van der Waals surface area contributed by atoms with E-state index in [0.717, 1.165) is 13.0 Å². The van der Waals surface area contributed by atoms with Crippen molar-refractivity contribution in [2.45, 2.75) is 44.2 Å². The van der Waals surface area contributed by atoms with Crippen LogP contribution in [0.15, 0.2) is 0 Å². The van der Waals surface area contributed by atoms with Crippen LogP contribution < -0.4 is 5.32 Å². The summed E-state index contributed by atoms with van der Waals surface area (Å²) in [5.41, 5.74) is -0.383. The minimum Gasteiger partial charge on any atom is -0.390 e. The van der Waals surface area contributed by atoms with Gasteiger partial charge in [0.2, 0.25) is 0 Å². The summed E-state index contributed by atoms with van der Waals surface area (Å²) in [6.07, 6.45) is 4.71. The lowest BCUT2D eigenvalue weighted by Gasteiger charge is -2.38. The summed E-state index contributed by atoms with van der Waals surface area (Å²) in [7, 11) is 0. The predicted octanol–water partition coefficient (Wildman–Crippen LogP) is 0.899. The molecule has 11 heavy (non-hydrogen) atoms. The lowest BCUT2D eigenvalue weighted by atomic mass is 9.81. The van der Waals surface area contributed by atoms with E-state index in [-0.39, 0.29) is 5.60 Å². The molecule has 0 aromatic carbocycles. The van der Waals surface area contributed by atoms with Crippen molar-refractivity contribution < 1.29 is 5.11 Å². The molecule has 2 bridgehead atoms. The third-order valence-corrected chi connectivity index (χ3v) is 3.30. The zero-order valence-corrected chi connectivity index (χ0v) is 7.14. The molecule has 0 spiro atoms. The highest BCUT2D eigenvalue weighted by Gasteiger charge is 2.40. The minimum absolute atomic E-state index is 0.383. The van der Waals surface area contributed by atoms with Crippen LogP contribution in [0.2, 0.25) is 0 Å². The highest BCUT2D eigenvalue weighted by Crippen LogP contribution is 2.35. The second-order valence-electron chi connectivity index (χ2n) is 4.29. The van der Waals surface area contributed by atoms with Gasteiger partial charge in [-0.15, -0.1) is 0 Å². The van der Waals surface area contributed by atoms with Crippen molar-refractivity contribution >= 4 is 0 Å². The zero-order valence-electron chi connectivity index (χ0n) is 7.14. The van der Waals surface area contributed by atoms with E-state index in [1.54, 1.807) is 0 Å². The maximum Gasteiger partial charge on any atom is 0.0674 e. The Bertz CT molecular complexity index is 152. The van der Waals surface area contributed by atoms with Gasteiger partial charge in [0, 0.05) is 12.6 Å². The summed E-state index contributed by atoms with van der Waals surface area (Å²) in [6, 6.07) is 0.587. The normalized spacial score (nSPS) is 50.7. The van der Waals surface area contributed by atoms with Gasteiger partial charge in [0.1, 0.15) is 0 Å². The Morgan fingerprint density at radius 3 is 3.00 bits per heavy atom. The van der Waals surface area contributed by atoms with Gasteiger partial charge in [0.05, 0.1) is 5.60 Å². The first-order valence-corrected chi connectivity index (χ1v) is 4.64. The average Bonchev–Trinajstić information content (AvgIpc) is 2.17. The molecule has 1 unspecified atom stereocenters. The second-order valence-corrected chi connectivity index (χ2v) is 4.29. The fraction of sp³-hybridized carbons (Fsp3) is 1.00. The first-order valence-electron chi connectivity index (χ1n) is 4.64. The molecular weight excluding hydrogens is 138 g/mol. The number of fused-ring (bicyclic) bond motifs is 4. The molecule has 2 heterocycles. The van der Waals surface area contributed by atoms with Crippen molar-refractivity contribution in [2.24, 2.45) is 5.92 Å². The van der Waals surface area contributed by atoms with E-state index in [1.165, 1.54) is 19.3 Å². The minimum atomic E-state index is -0.383.